The highest BCUT2D eigenvalue weighted by atomic mass is 32.2. The van der Waals surface area contributed by atoms with Crippen molar-refractivity contribution in [3.8, 4) is 11.3 Å². The molecule has 0 bridgehead atoms. The molecule has 2 aromatic carbocycles. The van der Waals surface area contributed by atoms with Gasteiger partial charge in [0.05, 0.1) is 4.90 Å². The van der Waals surface area contributed by atoms with Crippen LogP contribution in [0.25, 0.3) is 11.3 Å². The van der Waals surface area contributed by atoms with E-state index >= 15 is 0 Å². The summed E-state index contributed by atoms with van der Waals surface area (Å²) in [5.74, 6) is -0.0374. The molecule has 10 heteroatoms. The van der Waals surface area contributed by atoms with Crippen molar-refractivity contribution in [1.82, 2.24) is 15.1 Å². The highest BCUT2D eigenvalue weighted by molar-refractivity contribution is 7.92. The molecule has 0 saturated heterocycles. The molecular formula is C21H17N5O4S. The van der Waals surface area contributed by atoms with Crippen LogP contribution in [0.1, 0.15) is 16.1 Å². The zero-order valence-corrected chi connectivity index (χ0v) is 17.1. The fourth-order valence-electron chi connectivity index (χ4n) is 2.68. The molecule has 0 unspecified atom stereocenters. The number of carbonyl (C=O) groups is 1. The summed E-state index contributed by atoms with van der Waals surface area (Å²) >= 11 is 0. The van der Waals surface area contributed by atoms with Gasteiger partial charge < -0.3 is 9.84 Å². The van der Waals surface area contributed by atoms with E-state index in [1.165, 1.54) is 36.7 Å². The number of aryl methyl sites for hydroxylation is 1. The summed E-state index contributed by atoms with van der Waals surface area (Å²) in [7, 11) is -3.86. The predicted molar refractivity (Wildman–Crippen MR) is 114 cm³/mol. The van der Waals surface area contributed by atoms with E-state index in [-0.39, 0.29) is 16.5 Å². The van der Waals surface area contributed by atoms with E-state index in [1.807, 2.05) is 31.2 Å². The lowest BCUT2D eigenvalue weighted by Gasteiger charge is -2.07. The average molecular weight is 435 g/mol. The summed E-state index contributed by atoms with van der Waals surface area (Å²) in [5, 5.41) is 6.47. The fourth-order valence-corrected chi connectivity index (χ4v) is 3.64. The molecular weight excluding hydrogens is 418 g/mol. The number of hydrogen-bond donors (Lipinski definition) is 2. The first kappa shape index (κ1) is 20.2. The van der Waals surface area contributed by atoms with Crippen molar-refractivity contribution in [3.63, 3.8) is 0 Å². The topological polar surface area (TPSA) is 127 Å². The number of benzene rings is 2. The van der Waals surface area contributed by atoms with Gasteiger partial charge in [0.2, 0.25) is 5.95 Å². The zero-order chi connectivity index (χ0) is 21.8. The normalized spacial score (nSPS) is 11.1. The summed E-state index contributed by atoms with van der Waals surface area (Å²) in [6.45, 7) is 1.98. The maximum Gasteiger partial charge on any atom is 0.277 e. The summed E-state index contributed by atoms with van der Waals surface area (Å²) < 4.78 is 32.4. The molecule has 0 aliphatic rings. The largest absolute Gasteiger partial charge is 0.355 e. The van der Waals surface area contributed by atoms with Crippen molar-refractivity contribution in [2.24, 2.45) is 0 Å². The van der Waals surface area contributed by atoms with Gasteiger partial charge in [-0.2, -0.15) is 0 Å². The van der Waals surface area contributed by atoms with Crippen molar-refractivity contribution >= 4 is 27.6 Å². The van der Waals surface area contributed by atoms with Gasteiger partial charge >= 0.3 is 0 Å². The highest BCUT2D eigenvalue weighted by Gasteiger charge is 2.17. The molecule has 2 heterocycles. The van der Waals surface area contributed by atoms with Gasteiger partial charge in [-0.3, -0.25) is 4.79 Å². The second-order valence-corrected chi connectivity index (χ2v) is 8.28. The lowest BCUT2D eigenvalue weighted by atomic mass is 10.1. The number of carbonyl (C=O) groups excluding carboxylic acids is 1. The monoisotopic (exact) mass is 435 g/mol. The SMILES string of the molecule is Cc1ccc(-c2cc(C(=O)Nc3ccc(S(=O)(=O)Nc4ncccn4)cc3)no2)cc1. The predicted octanol–water partition coefficient (Wildman–Crippen LogP) is 3.49. The molecule has 2 N–H and O–H groups in total. The zero-order valence-electron chi connectivity index (χ0n) is 16.3. The molecule has 4 aromatic rings. The lowest BCUT2D eigenvalue weighted by molar-refractivity contribution is 0.101. The van der Waals surface area contributed by atoms with Gasteiger partial charge in [-0.05, 0) is 37.3 Å². The number of hydrogen-bond acceptors (Lipinski definition) is 7. The molecule has 0 saturated carbocycles. The summed E-state index contributed by atoms with van der Waals surface area (Å²) in [5.41, 5.74) is 2.43. The molecule has 156 valence electrons. The maximum absolute atomic E-state index is 12.5. The first-order valence-electron chi connectivity index (χ1n) is 9.16. The summed E-state index contributed by atoms with van der Waals surface area (Å²) in [4.78, 5) is 20.1. The van der Waals surface area contributed by atoms with Crippen LogP contribution in [-0.4, -0.2) is 29.4 Å². The molecule has 0 aliphatic heterocycles. The molecule has 4 rings (SSSR count). The number of nitrogens with one attached hydrogen (secondary N) is 2. The van der Waals surface area contributed by atoms with E-state index in [0.29, 0.717) is 11.4 Å². The third-order valence-corrected chi connectivity index (χ3v) is 5.64. The smallest absolute Gasteiger partial charge is 0.277 e. The minimum absolute atomic E-state index is 0.000968. The Hall–Kier alpha value is -4.05. The summed E-state index contributed by atoms with van der Waals surface area (Å²) in [6, 6.07) is 16.4. The van der Waals surface area contributed by atoms with Crippen LogP contribution in [0.2, 0.25) is 0 Å². The van der Waals surface area contributed by atoms with Crippen molar-refractivity contribution in [2.45, 2.75) is 11.8 Å². The number of aromatic nitrogens is 3. The van der Waals surface area contributed by atoms with E-state index in [1.54, 1.807) is 12.1 Å². The van der Waals surface area contributed by atoms with Crippen LogP contribution >= 0.6 is 0 Å². The Bertz CT molecular complexity index is 1300. The Morgan fingerprint density at radius 1 is 0.968 bits per heavy atom. The van der Waals surface area contributed by atoms with Crippen molar-refractivity contribution in [2.75, 3.05) is 10.0 Å². The van der Waals surface area contributed by atoms with Crippen molar-refractivity contribution in [3.05, 3.63) is 84.3 Å². The first-order valence-corrected chi connectivity index (χ1v) is 10.6. The van der Waals surface area contributed by atoms with Crippen LogP contribution < -0.4 is 10.0 Å². The number of rotatable bonds is 6. The number of nitrogens with zero attached hydrogens (tertiary/aromatic N) is 3. The number of amides is 1. The van der Waals surface area contributed by atoms with Crippen LogP contribution in [0.15, 0.2) is 82.5 Å². The van der Waals surface area contributed by atoms with Crippen LogP contribution in [0.4, 0.5) is 11.6 Å². The van der Waals surface area contributed by atoms with E-state index in [4.69, 9.17) is 4.52 Å². The standard InChI is InChI=1S/C21H17N5O4S/c1-14-3-5-15(6-4-14)19-13-18(25-30-19)20(27)24-16-7-9-17(10-8-16)31(28,29)26-21-22-11-2-12-23-21/h2-13H,1H3,(H,24,27)(H,22,23,26). The van der Waals surface area contributed by atoms with Gasteiger partial charge in [0.1, 0.15) is 0 Å². The number of anilines is 2. The van der Waals surface area contributed by atoms with Crippen LogP contribution in [0, 0.1) is 6.92 Å². The van der Waals surface area contributed by atoms with Gasteiger partial charge in [-0.15, -0.1) is 0 Å². The van der Waals surface area contributed by atoms with E-state index in [9.17, 15) is 13.2 Å². The van der Waals surface area contributed by atoms with Crippen LogP contribution in [-0.2, 0) is 10.0 Å². The van der Waals surface area contributed by atoms with E-state index in [0.717, 1.165) is 11.1 Å². The minimum Gasteiger partial charge on any atom is -0.355 e. The molecule has 0 aliphatic carbocycles. The lowest BCUT2D eigenvalue weighted by Crippen LogP contribution is -2.15. The van der Waals surface area contributed by atoms with Gasteiger partial charge in [-0.1, -0.05) is 35.0 Å². The second kappa shape index (κ2) is 8.36. The fraction of sp³-hybridized carbons (Fsp3) is 0.0476. The molecule has 0 fully saturated rings. The number of sulfonamides is 1. The Morgan fingerprint density at radius 3 is 2.32 bits per heavy atom. The highest BCUT2D eigenvalue weighted by Crippen LogP contribution is 2.22. The molecule has 0 atom stereocenters. The third-order valence-electron chi connectivity index (χ3n) is 4.29. The Morgan fingerprint density at radius 2 is 1.65 bits per heavy atom. The molecule has 1 amide bonds. The molecule has 9 nitrogen and oxygen atoms in total. The molecule has 31 heavy (non-hydrogen) atoms. The van der Waals surface area contributed by atoms with E-state index < -0.39 is 15.9 Å². The molecule has 0 spiro atoms. The van der Waals surface area contributed by atoms with Gasteiger partial charge in [0.15, 0.2) is 11.5 Å². The van der Waals surface area contributed by atoms with Crippen LogP contribution in [0.3, 0.4) is 0 Å². The van der Waals surface area contributed by atoms with Gasteiger partial charge in [0.25, 0.3) is 15.9 Å². The van der Waals surface area contributed by atoms with Crippen molar-refractivity contribution in [1.29, 1.82) is 0 Å². The first-order chi connectivity index (χ1) is 14.9. The Kier molecular flexibility index (Phi) is 5.46. The Balaban J connectivity index is 1.44. The Labute approximate surface area is 178 Å². The quantitative estimate of drug-likeness (QED) is 0.474. The molecule has 0 radical (unpaired) electrons. The van der Waals surface area contributed by atoms with Gasteiger partial charge in [-0.25, -0.2) is 23.1 Å². The average Bonchev–Trinajstić information content (AvgIpc) is 3.25. The van der Waals surface area contributed by atoms with E-state index in [2.05, 4.69) is 25.2 Å². The second-order valence-electron chi connectivity index (χ2n) is 6.60. The summed E-state index contributed by atoms with van der Waals surface area (Å²) in [6.07, 6.45) is 2.86. The third kappa shape index (κ3) is 4.75. The van der Waals surface area contributed by atoms with Crippen molar-refractivity contribution < 1.29 is 17.7 Å². The minimum atomic E-state index is -3.86. The maximum atomic E-state index is 12.5. The van der Waals surface area contributed by atoms with Crippen LogP contribution in [0.5, 0.6) is 0 Å². The molecule has 2 aromatic heterocycles. The van der Waals surface area contributed by atoms with Gasteiger partial charge in [0, 0.05) is 29.7 Å².